The van der Waals surface area contributed by atoms with Gasteiger partial charge in [-0.1, -0.05) is 332 Å². The van der Waals surface area contributed by atoms with Crippen molar-refractivity contribution in [2.45, 2.75) is 360 Å². The van der Waals surface area contributed by atoms with Gasteiger partial charge in [0.05, 0.1) is 18.8 Å². The Morgan fingerprint density at radius 3 is 0.871 bits per heavy atom. The van der Waals surface area contributed by atoms with Gasteiger partial charge >= 0.3 is 0 Å². The molecule has 0 aromatic heterocycles. The second kappa shape index (κ2) is 61.6. The molecule has 0 radical (unpaired) electrons. The third-order valence-corrected chi connectivity index (χ3v) is 14.8. The number of allylic oxidation sites excluding steroid dienone is 7. The summed E-state index contributed by atoms with van der Waals surface area (Å²) in [4.78, 5) is 12.5. The number of hydrogen-bond donors (Lipinski definition) is 3. The molecule has 2 atom stereocenters. The Kier molecular flexibility index (Phi) is 60.2. The SMILES string of the molecule is CCCCCCC/C=C\C/C=C\C/C=C\CCCCCCCCCCCCCCCCCCCCCCCCCCCCC(=O)NC(CO)C(O)/C=C/CCCCCCCCCCCCCCCCC. The van der Waals surface area contributed by atoms with Crippen LogP contribution >= 0.6 is 0 Å². The molecule has 0 aromatic rings. The van der Waals surface area contributed by atoms with Gasteiger partial charge < -0.3 is 15.5 Å². The molecule has 0 aliphatic carbocycles. The summed E-state index contributed by atoms with van der Waals surface area (Å²) in [5, 5.41) is 23.2. The van der Waals surface area contributed by atoms with Gasteiger partial charge in [0.25, 0.3) is 0 Å². The van der Waals surface area contributed by atoms with Crippen molar-refractivity contribution in [3.8, 4) is 0 Å². The average Bonchev–Trinajstić information content (AvgIpc) is 3.36. The Bertz CT molecular complexity index is 1110. The lowest BCUT2D eigenvalue weighted by Gasteiger charge is -2.20. The normalized spacial score (nSPS) is 13.0. The van der Waals surface area contributed by atoms with E-state index in [9.17, 15) is 15.0 Å². The Labute approximate surface area is 439 Å². The quantitative estimate of drug-likeness (QED) is 0.0420. The van der Waals surface area contributed by atoms with E-state index >= 15 is 0 Å². The maximum absolute atomic E-state index is 12.5. The number of amides is 1. The van der Waals surface area contributed by atoms with Gasteiger partial charge in [-0.15, -0.1) is 0 Å². The Morgan fingerprint density at radius 1 is 0.343 bits per heavy atom. The molecule has 0 fully saturated rings. The topological polar surface area (TPSA) is 69.6 Å². The van der Waals surface area contributed by atoms with Crippen LogP contribution < -0.4 is 5.32 Å². The molecule has 0 spiro atoms. The minimum Gasteiger partial charge on any atom is -0.394 e. The molecule has 0 rings (SSSR count). The van der Waals surface area contributed by atoms with Gasteiger partial charge in [0.15, 0.2) is 0 Å². The van der Waals surface area contributed by atoms with E-state index in [2.05, 4.69) is 55.6 Å². The molecule has 4 heteroatoms. The number of hydrogen-bond acceptors (Lipinski definition) is 3. The van der Waals surface area contributed by atoms with Crippen molar-refractivity contribution < 1.29 is 15.0 Å². The molecule has 0 heterocycles. The number of carbonyl (C=O) groups excluding carboxylic acids is 1. The van der Waals surface area contributed by atoms with E-state index < -0.39 is 12.1 Å². The van der Waals surface area contributed by atoms with Gasteiger partial charge in [0.1, 0.15) is 0 Å². The highest BCUT2D eigenvalue weighted by molar-refractivity contribution is 5.76. The van der Waals surface area contributed by atoms with Gasteiger partial charge in [-0.05, 0) is 57.8 Å². The van der Waals surface area contributed by atoms with E-state index in [0.29, 0.717) is 6.42 Å². The summed E-state index contributed by atoms with van der Waals surface area (Å²) in [7, 11) is 0. The van der Waals surface area contributed by atoms with Crippen LogP contribution in [0.3, 0.4) is 0 Å². The first kappa shape index (κ1) is 68.4. The van der Waals surface area contributed by atoms with E-state index in [-0.39, 0.29) is 12.5 Å². The van der Waals surface area contributed by atoms with Crippen LogP contribution in [-0.2, 0) is 4.79 Å². The van der Waals surface area contributed by atoms with Crippen LogP contribution in [0.1, 0.15) is 348 Å². The average molecular weight is 981 g/mol. The molecule has 3 N–H and O–H groups in total. The van der Waals surface area contributed by atoms with Gasteiger partial charge in [-0.3, -0.25) is 4.79 Å². The van der Waals surface area contributed by atoms with Crippen molar-refractivity contribution in [1.82, 2.24) is 5.32 Å². The Morgan fingerprint density at radius 2 is 0.586 bits per heavy atom. The first-order valence-electron chi connectivity index (χ1n) is 31.9. The van der Waals surface area contributed by atoms with Gasteiger partial charge in [-0.25, -0.2) is 0 Å². The zero-order valence-electron chi connectivity index (χ0n) is 47.6. The molecule has 0 saturated heterocycles. The molecule has 0 bridgehead atoms. The molecule has 0 aliphatic heterocycles. The highest BCUT2D eigenvalue weighted by Gasteiger charge is 2.18. The first-order valence-corrected chi connectivity index (χ1v) is 31.9. The minimum atomic E-state index is -0.838. The van der Waals surface area contributed by atoms with E-state index in [1.54, 1.807) is 6.08 Å². The lowest BCUT2D eigenvalue weighted by Crippen LogP contribution is -2.45. The van der Waals surface area contributed by atoms with Crippen molar-refractivity contribution in [2.24, 2.45) is 0 Å². The minimum absolute atomic E-state index is 0.0577. The lowest BCUT2D eigenvalue weighted by atomic mass is 10.0. The summed E-state index contributed by atoms with van der Waals surface area (Å²) in [6.07, 6.45) is 86.0. The van der Waals surface area contributed by atoms with Crippen molar-refractivity contribution in [2.75, 3.05) is 6.61 Å². The predicted molar refractivity (Wildman–Crippen MR) is 313 cm³/mol. The van der Waals surface area contributed by atoms with E-state index in [0.717, 1.165) is 38.5 Å². The van der Waals surface area contributed by atoms with E-state index in [4.69, 9.17) is 0 Å². The summed E-state index contributed by atoms with van der Waals surface area (Å²) in [6.45, 7) is 4.32. The lowest BCUT2D eigenvalue weighted by molar-refractivity contribution is -0.123. The number of rotatable bonds is 59. The molecule has 0 aliphatic rings. The highest BCUT2D eigenvalue weighted by Crippen LogP contribution is 2.18. The molecule has 1 amide bonds. The highest BCUT2D eigenvalue weighted by atomic mass is 16.3. The zero-order chi connectivity index (χ0) is 50.6. The number of nitrogens with one attached hydrogen (secondary N) is 1. The van der Waals surface area contributed by atoms with E-state index in [1.165, 1.54) is 289 Å². The fraction of sp³-hybridized carbons (Fsp3) is 0.864. The summed E-state index contributed by atoms with van der Waals surface area (Å²) in [5.74, 6) is -0.0577. The predicted octanol–water partition coefficient (Wildman–Crippen LogP) is 21.4. The standard InChI is InChI=1S/C66H125NO3/c1-3-5-7-9-11-13-15-17-19-21-22-23-24-25-26-27-28-29-30-31-32-33-34-35-36-37-38-39-40-41-42-43-44-46-48-50-52-54-56-58-60-62-66(70)67-64(63-68)65(69)61-59-57-55-53-51-49-47-45-20-18-16-14-12-10-8-6-4-2/h15,17,21-22,24-25,59,61,64-65,68-69H,3-14,16,18-20,23,26-58,60,62-63H2,1-2H3,(H,67,70)/b17-15-,22-21-,25-24-,61-59+. The fourth-order valence-corrected chi connectivity index (χ4v) is 9.96. The maximum atomic E-state index is 12.5. The van der Waals surface area contributed by atoms with E-state index in [1.807, 2.05) is 6.08 Å². The van der Waals surface area contributed by atoms with Crippen molar-refractivity contribution in [3.05, 3.63) is 48.6 Å². The second-order valence-electron chi connectivity index (χ2n) is 21.8. The summed E-state index contributed by atoms with van der Waals surface area (Å²) in [6, 6.07) is -0.621. The van der Waals surface area contributed by atoms with Crippen LogP contribution in [0.5, 0.6) is 0 Å². The molecular weight excluding hydrogens is 855 g/mol. The number of unbranched alkanes of at least 4 members (excludes halogenated alkanes) is 46. The van der Waals surface area contributed by atoms with Gasteiger partial charge in [0.2, 0.25) is 5.91 Å². The molecular formula is C66H125NO3. The second-order valence-corrected chi connectivity index (χ2v) is 21.8. The van der Waals surface area contributed by atoms with Crippen molar-refractivity contribution >= 4 is 5.91 Å². The molecule has 70 heavy (non-hydrogen) atoms. The third kappa shape index (κ3) is 57.3. The summed E-state index contributed by atoms with van der Waals surface area (Å²) >= 11 is 0. The smallest absolute Gasteiger partial charge is 0.220 e. The summed E-state index contributed by atoms with van der Waals surface area (Å²) < 4.78 is 0. The van der Waals surface area contributed by atoms with Gasteiger partial charge in [-0.2, -0.15) is 0 Å². The van der Waals surface area contributed by atoms with Crippen LogP contribution in [0, 0.1) is 0 Å². The van der Waals surface area contributed by atoms with Gasteiger partial charge in [0, 0.05) is 6.42 Å². The Balaban J connectivity index is 3.39. The largest absolute Gasteiger partial charge is 0.394 e. The van der Waals surface area contributed by atoms with Crippen LogP contribution in [0.4, 0.5) is 0 Å². The van der Waals surface area contributed by atoms with Crippen LogP contribution in [0.2, 0.25) is 0 Å². The molecule has 412 valence electrons. The molecule has 0 aromatic carbocycles. The first-order chi connectivity index (χ1) is 34.7. The third-order valence-electron chi connectivity index (χ3n) is 14.8. The van der Waals surface area contributed by atoms with Crippen LogP contribution in [0.15, 0.2) is 48.6 Å². The van der Waals surface area contributed by atoms with Crippen LogP contribution in [0.25, 0.3) is 0 Å². The monoisotopic (exact) mass is 980 g/mol. The summed E-state index contributed by atoms with van der Waals surface area (Å²) in [5.41, 5.74) is 0. The number of aliphatic hydroxyl groups is 2. The van der Waals surface area contributed by atoms with Crippen molar-refractivity contribution in [3.63, 3.8) is 0 Å². The van der Waals surface area contributed by atoms with Crippen LogP contribution in [-0.4, -0.2) is 34.9 Å². The van der Waals surface area contributed by atoms with Crippen molar-refractivity contribution in [1.29, 1.82) is 0 Å². The number of carbonyl (C=O) groups is 1. The molecule has 2 unspecified atom stereocenters. The fourth-order valence-electron chi connectivity index (χ4n) is 9.96. The number of aliphatic hydroxyl groups excluding tert-OH is 2. The molecule has 0 saturated carbocycles. The zero-order valence-corrected chi connectivity index (χ0v) is 47.6. The molecule has 4 nitrogen and oxygen atoms in total. The Hall–Kier alpha value is -1.65. The maximum Gasteiger partial charge on any atom is 0.220 e.